The Kier molecular flexibility index (Phi) is 8.16. The average Bonchev–Trinajstić information content (AvgIpc) is 2.43. The lowest BCUT2D eigenvalue weighted by Crippen LogP contribution is -2.33. The number of rotatable bonds is 10. The predicted octanol–water partition coefficient (Wildman–Crippen LogP) is 0.197. The molecule has 5 heteroatoms. The summed E-state index contributed by atoms with van der Waals surface area (Å²) in [6.07, 6.45) is 0.0979. The van der Waals surface area contributed by atoms with Gasteiger partial charge in [0, 0.05) is 26.8 Å². The summed E-state index contributed by atoms with van der Waals surface area (Å²) in [4.78, 5) is 0. The van der Waals surface area contributed by atoms with Crippen molar-refractivity contribution < 1.29 is 19.7 Å². The second-order valence-electron chi connectivity index (χ2n) is 4.28. The van der Waals surface area contributed by atoms with E-state index in [0.29, 0.717) is 26.1 Å². The van der Waals surface area contributed by atoms with Crippen LogP contribution in [0.1, 0.15) is 5.56 Å². The van der Waals surface area contributed by atoms with Crippen LogP contribution in [0.5, 0.6) is 5.75 Å². The molecule has 1 rings (SSSR count). The maximum absolute atomic E-state index is 9.69. The van der Waals surface area contributed by atoms with E-state index in [1.807, 2.05) is 24.3 Å². The highest BCUT2D eigenvalue weighted by atomic mass is 16.5. The fraction of sp³-hybridized carbons (Fsp3) is 0.571. The Hall–Kier alpha value is -1.14. The number of ether oxygens (including phenoxy) is 2. The van der Waals surface area contributed by atoms with E-state index in [0.717, 1.165) is 11.3 Å². The van der Waals surface area contributed by atoms with E-state index in [1.165, 1.54) is 0 Å². The third kappa shape index (κ3) is 7.12. The second-order valence-corrected chi connectivity index (χ2v) is 4.28. The van der Waals surface area contributed by atoms with Gasteiger partial charge in [-0.25, -0.2) is 0 Å². The highest BCUT2D eigenvalue weighted by Crippen LogP contribution is 2.12. The van der Waals surface area contributed by atoms with Gasteiger partial charge in [0.2, 0.25) is 0 Å². The summed E-state index contributed by atoms with van der Waals surface area (Å²) in [7, 11) is 1.64. The Morgan fingerprint density at radius 2 is 2.00 bits per heavy atom. The van der Waals surface area contributed by atoms with Crippen LogP contribution in [0, 0.1) is 0 Å². The van der Waals surface area contributed by atoms with Crippen LogP contribution in [-0.4, -0.2) is 56.3 Å². The molecule has 0 aliphatic rings. The molecule has 1 atom stereocenters. The maximum Gasteiger partial charge on any atom is 0.119 e. The first-order valence-corrected chi connectivity index (χ1v) is 6.46. The molecule has 1 aromatic rings. The lowest BCUT2D eigenvalue weighted by atomic mass is 10.1. The molecule has 0 aliphatic heterocycles. The van der Waals surface area contributed by atoms with E-state index < -0.39 is 6.10 Å². The van der Waals surface area contributed by atoms with Gasteiger partial charge in [-0.05, 0) is 24.1 Å². The minimum Gasteiger partial charge on any atom is -0.491 e. The van der Waals surface area contributed by atoms with Gasteiger partial charge in [0.15, 0.2) is 0 Å². The van der Waals surface area contributed by atoms with E-state index in [4.69, 9.17) is 14.6 Å². The number of aliphatic hydroxyl groups is 2. The Morgan fingerprint density at radius 3 is 2.63 bits per heavy atom. The van der Waals surface area contributed by atoms with Gasteiger partial charge in [-0.3, -0.25) is 0 Å². The number of methoxy groups -OCH3 is 1. The molecular formula is C14H23NO4. The number of benzene rings is 1. The van der Waals surface area contributed by atoms with Crippen molar-refractivity contribution in [1.29, 1.82) is 0 Å². The third-order valence-corrected chi connectivity index (χ3v) is 2.63. The number of aliphatic hydroxyl groups excluding tert-OH is 2. The zero-order valence-electron chi connectivity index (χ0n) is 11.3. The molecule has 1 aromatic carbocycles. The molecule has 0 aliphatic carbocycles. The largest absolute Gasteiger partial charge is 0.491 e. The van der Waals surface area contributed by atoms with Crippen LogP contribution in [-0.2, 0) is 11.2 Å². The molecule has 0 fully saturated rings. The first-order chi connectivity index (χ1) is 9.26. The quantitative estimate of drug-likeness (QED) is 0.529. The van der Waals surface area contributed by atoms with Crippen molar-refractivity contribution in [3.05, 3.63) is 29.8 Å². The fourth-order valence-corrected chi connectivity index (χ4v) is 1.58. The smallest absolute Gasteiger partial charge is 0.119 e. The van der Waals surface area contributed by atoms with Crippen molar-refractivity contribution >= 4 is 0 Å². The van der Waals surface area contributed by atoms with E-state index in [9.17, 15) is 5.11 Å². The molecule has 19 heavy (non-hydrogen) atoms. The average molecular weight is 269 g/mol. The van der Waals surface area contributed by atoms with Crippen LogP contribution < -0.4 is 10.1 Å². The number of hydrogen-bond donors (Lipinski definition) is 3. The minimum atomic E-state index is -0.547. The molecule has 0 bridgehead atoms. The summed E-state index contributed by atoms with van der Waals surface area (Å²) < 4.78 is 10.4. The van der Waals surface area contributed by atoms with Crippen LogP contribution in [0.25, 0.3) is 0 Å². The van der Waals surface area contributed by atoms with E-state index in [1.54, 1.807) is 7.11 Å². The van der Waals surface area contributed by atoms with Gasteiger partial charge >= 0.3 is 0 Å². The Morgan fingerprint density at radius 1 is 1.26 bits per heavy atom. The fourth-order valence-electron chi connectivity index (χ4n) is 1.58. The molecule has 0 spiro atoms. The lowest BCUT2D eigenvalue weighted by Gasteiger charge is -2.13. The highest BCUT2D eigenvalue weighted by molar-refractivity contribution is 5.27. The summed E-state index contributed by atoms with van der Waals surface area (Å²) in [6, 6.07) is 7.51. The first-order valence-electron chi connectivity index (χ1n) is 6.46. The van der Waals surface area contributed by atoms with Crippen LogP contribution in [0.2, 0.25) is 0 Å². The molecule has 5 nitrogen and oxygen atoms in total. The SMILES string of the molecule is COCCNCC(O)COc1ccc(CCO)cc1. The molecule has 1 unspecified atom stereocenters. The third-order valence-electron chi connectivity index (χ3n) is 2.63. The van der Waals surface area contributed by atoms with Crippen LogP contribution in [0.4, 0.5) is 0 Å². The number of hydrogen-bond acceptors (Lipinski definition) is 5. The van der Waals surface area contributed by atoms with E-state index >= 15 is 0 Å². The summed E-state index contributed by atoms with van der Waals surface area (Å²) >= 11 is 0. The van der Waals surface area contributed by atoms with Crippen molar-refractivity contribution in [3.63, 3.8) is 0 Å². The summed E-state index contributed by atoms with van der Waals surface area (Å²) in [5, 5.41) is 21.6. The summed E-state index contributed by atoms with van der Waals surface area (Å²) in [5.74, 6) is 0.720. The van der Waals surface area contributed by atoms with Crippen molar-refractivity contribution in [1.82, 2.24) is 5.32 Å². The normalized spacial score (nSPS) is 12.4. The monoisotopic (exact) mass is 269 g/mol. The highest BCUT2D eigenvalue weighted by Gasteiger charge is 2.04. The van der Waals surface area contributed by atoms with Crippen molar-refractivity contribution in [2.45, 2.75) is 12.5 Å². The van der Waals surface area contributed by atoms with Gasteiger partial charge in [-0.1, -0.05) is 12.1 Å². The standard InChI is InChI=1S/C14H23NO4/c1-18-9-7-15-10-13(17)11-19-14-4-2-12(3-5-14)6-8-16/h2-5,13,15-17H,6-11H2,1H3. The van der Waals surface area contributed by atoms with Gasteiger partial charge in [-0.2, -0.15) is 0 Å². The topological polar surface area (TPSA) is 71.0 Å². The van der Waals surface area contributed by atoms with Gasteiger partial charge < -0.3 is 25.0 Å². The van der Waals surface area contributed by atoms with Crippen molar-refractivity contribution in [3.8, 4) is 5.75 Å². The maximum atomic E-state index is 9.69. The first kappa shape index (κ1) is 15.9. The molecule has 0 heterocycles. The Bertz CT molecular complexity index is 329. The van der Waals surface area contributed by atoms with Crippen molar-refractivity contribution in [2.75, 3.05) is 40.0 Å². The Balaban J connectivity index is 2.20. The van der Waals surface area contributed by atoms with Crippen LogP contribution in [0.3, 0.4) is 0 Å². The van der Waals surface area contributed by atoms with Gasteiger partial charge in [0.1, 0.15) is 18.5 Å². The second kappa shape index (κ2) is 9.75. The van der Waals surface area contributed by atoms with Gasteiger partial charge in [0.05, 0.1) is 6.61 Å². The van der Waals surface area contributed by atoms with E-state index in [-0.39, 0.29) is 13.2 Å². The zero-order chi connectivity index (χ0) is 13.9. The molecule has 0 aromatic heterocycles. The molecule has 0 amide bonds. The molecule has 0 saturated heterocycles. The molecular weight excluding hydrogens is 246 g/mol. The summed E-state index contributed by atoms with van der Waals surface area (Å²) in [5.41, 5.74) is 1.07. The van der Waals surface area contributed by atoms with E-state index in [2.05, 4.69) is 5.32 Å². The van der Waals surface area contributed by atoms with Crippen LogP contribution >= 0.6 is 0 Å². The lowest BCUT2D eigenvalue weighted by molar-refractivity contribution is 0.103. The Labute approximate surface area is 114 Å². The van der Waals surface area contributed by atoms with Gasteiger partial charge in [0.25, 0.3) is 0 Å². The zero-order valence-corrected chi connectivity index (χ0v) is 11.3. The summed E-state index contributed by atoms with van der Waals surface area (Å²) in [6.45, 7) is 2.21. The minimum absolute atomic E-state index is 0.145. The molecule has 108 valence electrons. The number of nitrogens with one attached hydrogen (secondary N) is 1. The van der Waals surface area contributed by atoms with Crippen LogP contribution in [0.15, 0.2) is 24.3 Å². The predicted molar refractivity (Wildman–Crippen MR) is 73.5 cm³/mol. The molecule has 0 radical (unpaired) electrons. The molecule has 0 saturated carbocycles. The van der Waals surface area contributed by atoms with Gasteiger partial charge in [-0.15, -0.1) is 0 Å². The molecule has 3 N–H and O–H groups in total. The van der Waals surface area contributed by atoms with Crippen molar-refractivity contribution in [2.24, 2.45) is 0 Å².